The molecule has 0 radical (unpaired) electrons. The first-order valence-corrected chi connectivity index (χ1v) is 17.4. The van der Waals surface area contributed by atoms with Crippen molar-refractivity contribution >= 4 is 64.1 Å². The summed E-state index contributed by atoms with van der Waals surface area (Å²) in [5.41, 5.74) is 9.87. The Balaban J connectivity index is 0.000000164. The second-order valence-corrected chi connectivity index (χ2v) is 12.7. The molecule has 0 fully saturated rings. The zero-order valence-electron chi connectivity index (χ0n) is 28.0. The summed E-state index contributed by atoms with van der Waals surface area (Å²) < 4.78 is 2.81. The molecule has 3 nitrogen and oxygen atoms in total. The molecule has 0 atom stereocenters. The van der Waals surface area contributed by atoms with E-state index in [4.69, 9.17) is 0 Å². The molecule has 9 rings (SSSR count). The molecule has 0 spiro atoms. The third-order valence-electron chi connectivity index (χ3n) is 8.83. The van der Waals surface area contributed by atoms with E-state index < -0.39 is 0 Å². The van der Waals surface area contributed by atoms with Gasteiger partial charge in [-0.15, -0.1) is 11.3 Å². The highest BCUT2D eigenvalue weighted by Crippen LogP contribution is 2.47. The summed E-state index contributed by atoms with van der Waals surface area (Å²) in [6, 6.07) is 44.7. The molecule has 0 unspecified atom stereocenters. The average molecular weight is 640 g/mol. The van der Waals surface area contributed by atoms with Gasteiger partial charge in [-0.05, 0) is 88.8 Å². The maximum Gasteiger partial charge on any atom is 0.111 e. The van der Waals surface area contributed by atoms with Gasteiger partial charge in [0.15, 0.2) is 0 Å². The largest absolute Gasteiger partial charge is 0.255 e. The van der Waals surface area contributed by atoms with Crippen LogP contribution in [-0.4, -0.2) is 15.0 Å². The number of aryl methyl sites for hydroxylation is 3. The molecule has 0 aliphatic rings. The van der Waals surface area contributed by atoms with E-state index in [9.17, 15) is 0 Å². The van der Waals surface area contributed by atoms with Crippen LogP contribution < -0.4 is 0 Å². The Morgan fingerprint density at radius 2 is 1.17 bits per heavy atom. The van der Waals surface area contributed by atoms with Crippen molar-refractivity contribution in [2.75, 3.05) is 0 Å². The molecule has 0 aliphatic heterocycles. The molecule has 6 aromatic carbocycles. The summed E-state index contributed by atoms with van der Waals surface area (Å²) in [4.78, 5) is 13.5. The molecule has 0 saturated heterocycles. The number of para-hydroxylation sites is 2. The van der Waals surface area contributed by atoms with E-state index in [0.29, 0.717) is 0 Å². The molecule has 234 valence electrons. The summed E-state index contributed by atoms with van der Waals surface area (Å²) in [6.07, 6.45) is 1.77. The van der Waals surface area contributed by atoms with Crippen LogP contribution in [0.3, 0.4) is 0 Å². The van der Waals surface area contributed by atoms with Gasteiger partial charge in [0.25, 0.3) is 0 Å². The number of pyridine rings is 1. The molecule has 0 saturated carbocycles. The minimum Gasteiger partial charge on any atom is -0.255 e. The molecule has 3 heterocycles. The molecular weight excluding hydrogens is 603 g/mol. The third-order valence-corrected chi connectivity index (χ3v) is 10.2. The van der Waals surface area contributed by atoms with Crippen LogP contribution in [0.5, 0.6) is 0 Å². The Labute approximate surface area is 285 Å². The highest BCUT2D eigenvalue weighted by Gasteiger charge is 2.19. The highest BCUT2D eigenvalue weighted by molar-refractivity contribution is 7.27. The zero-order valence-corrected chi connectivity index (χ0v) is 28.8. The predicted octanol–water partition coefficient (Wildman–Crippen LogP) is 12.7. The Kier molecular flexibility index (Phi) is 8.66. The number of hydrogen-bond acceptors (Lipinski definition) is 4. The lowest BCUT2D eigenvalue weighted by atomic mass is 9.89. The van der Waals surface area contributed by atoms with Gasteiger partial charge in [0, 0.05) is 26.4 Å². The molecule has 0 N–H and O–H groups in total. The quantitative estimate of drug-likeness (QED) is 0.189. The van der Waals surface area contributed by atoms with Crippen molar-refractivity contribution in [3.05, 3.63) is 150 Å². The van der Waals surface area contributed by atoms with E-state index in [1.54, 1.807) is 6.20 Å². The maximum atomic E-state index is 4.62. The third kappa shape index (κ3) is 5.48. The molecule has 0 aliphatic carbocycles. The number of thiophene rings is 1. The van der Waals surface area contributed by atoms with Gasteiger partial charge in [-0.25, -0.2) is 9.97 Å². The Hall–Kier alpha value is -5.45. The van der Waals surface area contributed by atoms with Crippen molar-refractivity contribution in [1.82, 2.24) is 15.0 Å². The number of rotatable bonds is 2. The molecule has 9 aromatic rings. The fourth-order valence-corrected chi connectivity index (χ4v) is 7.98. The number of benzene rings is 6. The van der Waals surface area contributed by atoms with Crippen LogP contribution in [0.1, 0.15) is 30.7 Å². The lowest BCUT2D eigenvalue weighted by Crippen LogP contribution is -1.95. The normalized spacial score (nSPS) is 11.0. The summed E-state index contributed by atoms with van der Waals surface area (Å²) in [5, 5.41) is 8.15. The van der Waals surface area contributed by atoms with Gasteiger partial charge in [0.05, 0.1) is 22.4 Å². The van der Waals surface area contributed by atoms with E-state index in [1.165, 1.54) is 64.0 Å². The predicted molar refractivity (Wildman–Crippen MR) is 208 cm³/mol. The van der Waals surface area contributed by atoms with Crippen LogP contribution in [0.2, 0.25) is 0 Å². The van der Waals surface area contributed by atoms with Gasteiger partial charge in [-0.2, -0.15) is 0 Å². The second-order valence-electron chi connectivity index (χ2n) is 11.7. The van der Waals surface area contributed by atoms with E-state index >= 15 is 0 Å². The molecule has 0 amide bonds. The first kappa shape index (κ1) is 31.2. The molecule has 4 heteroatoms. The first-order chi connectivity index (χ1) is 23.6. The number of hydrogen-bond donors (Lipinski definition) is 0. The van der Waals surface area contributed by atoms with Crippen LogP contribution in [0.4, 0.5) is 0 Å². The summed E-state index contributed by atoms with van der Waals surface area (Å²) in [7, 11) is 0. The van der Waals surface area contributed by atoms with Gasteiger partial charge in [-0.3, -0.25) is 4.98 Å². The Morgan fingerprint density at radius 1 is 0.521 bits per heavy atom. The SMILES string of the molecule is CC.Cc1ccccc1-c1c(C)c2sc3c4ccccc4ccc3c2c2ccccc12.Cc1nc2ccccc2nc1-c1ccccn1. The van der Waals surface area contributed by atoms with Crippen molar-refractivity contribution in [3.8, 4) is 22.5 Å². The number of nitrogens with zero attached hydrogens (tertiary/aromatic N) is 3. The minimum absolute atomic E-state index is 0.851. The molecular formula is C44H37N3S. The topological polar surface area (TPSA) is 38.7 Å². The van der Waals surface area contributed by atoms with Gasteiger partial charge in [0.2, 0.25) is 0 Å². The zero-order chi connectivity index (χ0) is 33.2. The summed E-state index contributed by atoms with van der Waals surface area (Å²) >= 11 is 1.95. The molecule has 48 heavy (non-hydrogen) atoms. The van der Waals surface area contributed by atoms with Gasteiger partial charge in [0.1, 0.15) is 5.69 Å². The first-order valence-electron chi connectivity index (χ1n) is 16.5. The second kappa shape index (κ2) is 13.3. The van der Waals surface area contributed by atoms with Crippen LogP contribution in [0.15, 0.2) is 134 Å². The number of fused-ring (bicyclic) bond motifs is 8. The van der Waals surface area contributed by atoms with E-state index in [1.807, 2.05) is 74.6 Å². The van der Waals surface area contributed by atoms with Crippen LogP contribution in [0, 0.1) is 20.8 Å². The smallest absolute Gasteiger partial charge is 0.111 e. The van der Waals surface area contributed by atoms with Crippen molar-refractivity contribution in [2.24, 2.45) is 0 Å². The van der Waals surface area contributed by atoms with Crippen molar-refractivity contribution < 1.29 is 0 Å². The van der Waals surface area contributed by atoms with Crippen molar-refractivity contribution in [1.29, 1.82) is 0 Å². The average Bonchev–Trinajstić information content (AvgIpc) is 3.55. The van der Waals surface area contributed by atoms with Crippen LogP contribution >= 0.6 is 11.3 Å². The van der Waals surface area contributed by atoms with Gasteiger partial charge in [-0.1, -0.05) is 117 Å². The van der Waals surface area contributed by atoms with Crippen LogP contribution in [-0.2, 0) is 0 Å². The fourth-order valence-electron chi connectivity index (χ4n) is 6.63. The van der Waals surface area contributed by atoms with Crippen molar-refractivity contribution in [2.45, 2.75) is 34.6 Å². The summed E-state index contributed by atoms with van der Waals surface area (Å²) in [5.74, 6) is 0. The summed E-state index contributed by atoms with van der Waals surface area (Å²) in [6.45, 7) is 10.5. The Bertz CT molecular complexity index is 2570. The highest BCUT2D eigenvalue weighted by atomic mass is 32.1. The van der Waals surface area contributed by atoms with Crippen LogP contribution in [0.25, 0.3) is 75.3 Å². The number of aromatic nitrogens is 3. The fraction of sp³-hybridized carbons (Fsp3) is 0.114. The standard InChI is InChI=1S/C28H20S.C14H11N3.C2H6/c1-17-9-3-5-11-20(17)25-18(2)27-26(23-14-8-7-13-22(23)25)24-16-15-19-10-4-6-12-21(19)28(24)29-27;1-10-14(13-8-4-5-9-15-13)17-12-7-3-2-6-11(12)16-10;1-2/h3-16H,1-2H3;2-9H,1H3;1-2H3. The maximum absolute atomic E-state index is 4.62. The molecule has 0 bridgehead atoms. The van der Waals surface area contributed by atoms with Crippen molar-refractivity contribution in [3.63, 3.8) is 0 Å². The van der Waals surface area contributed by atoms with Gasteiger partial charge >= 0.3 is 0 Å². The lowest BCUT2D eigenvalue weighted by molar-refractivity contribution is 1.16. The lowest BCUT2D eigenvalue weighted by Gasteiger charge is -2.15. The van der Waals surface area contributed by atoms with E-state index in [2.05, 4.69) is 114 Å². The van der Waals surface area contributed by atoms with E-state index in [-0.39, 0.29) is 0 Å². The minimum atomic E-state index is 0.851. The molecule has 3 aromatic heterocycles. The van der Waals surface area contributed by atoms with Gasteiger partial charge < -0.3 is 0 Å². The van der Waals surface area contributed by atoms with E-state index in [0.717, 1.165) is 28.1 Å². The monoisotopic (exact) mass is 639 g/mol. The Morgan fingerprint density at radius 3 is 1.92 bits per heavy atom.